The van der Waals surface area contributed by atoms with Gasteiger partial charge in [0, 0.05) is 23.7 Å². The van der Waals surface area contributed by atoms with Gasteiger partial charge in [-0.15, -0.1) is 0 Å². The van der Waals surface area contributed by atoms with Crippen LogP contribution in [0.5, 0.6) is 0 Å². The fraction of sp³-hybridized carbons (Fsp3) is 0.125. The largest absolute Gasteiger partial charge is 0.481 e. The highest BCUT2D eigenvalue weighted by Crippen LogP contribution is 2.28. The van der Waals surface area contributed by atoms with Crippen LogP contribution in [0.3, 0.4) is 0 Å². The van der Waals surface area contributed by atoms with Gasteiger partial charge in [-0.1, -0.05) is 60.7 Å². The summed E-state index contributed by atoms with van der Waals surface area (Å²) < 4.78 is 0. The number of nitrogens with one attached hydrogen (secondary N) is 3. The summed E-state index contributed by atoms with van der Waals surface area (Å²) in [5.41, 5.74) is 9.01. The predicted molar refractivity (Wildman–Crippen MR) is 120 cm³/mol. The summed E-state index contributed by atoms with van der Waals surface area (Å²) in [6.07, 6.45) is -0.0181. The number of nitrogens with two attached hydrogens (primary N) is 1. The van der Waals surface area contributed by atoms with Crippen LogP contribution in [0.1, 0.15) is 39.4 Å². The van der Waals surface area contributed by atoms with Crippen molar-refractivity contribution in [3.63, 3.8) is 0 Å². The maximum atomic E-state index is 12.5. The summed E-state index contributed by atoms with van der Waals surface area (Å²) in [5, 5.41) is 22.2. The van der Waals surface area contributed by atoms with E-state index in [0.717, 1.165) is 16.7 Å². The Hall–Kier alpha value is -4.13. The molecule has 0 fully saturated rings. The van der Waals surface area contributed by atoms with Crippen LogP contribution in [0.2, 0.25) is 0 Å². The first kappa shape index (κ1) is 21.6. The van der Waals surface area contributed by atoms with Gasteiger partial charge < -0.3 is 21.5 Å². The molecule has 0 heterocycles. The van der Waals surface area contributed by atoms with Crippen molar-refractivity contribution in [2.24, 2.45) is 5.73 Å². The van der Waals surface area contributed by atoms with Gasteiger partial charge in [0.1, 0.15) is 0 Å². The first-order chi connectivity index (χ1) is 14.9. The van der Waals surface area contributed by atoms with Crippen LogP contribution < -0.4 is 16.4 Å². The smallest absolute Gasteiger partial charge is 0.304 e. The lowest BCUT2D eigenvalue weighted by atomic mass is 9.88. The number of carboxylic acid groups (broad SMARTS) is 1. The van der Waals surface area contributed by atoms with E-state index in [4.69, 9.17) is 11.1 Å². The predicted octanol–water partition coefficient (Wildman–Crippen LogP) is 3.53. The molecule has 0 aliphatic heterocycles. The Morgan fingerprint density at radius 2 is 1.65 bits per heavy atom. The third-order valence-electron chi connectivity index (χ3n) is 4.79. The fourth-order valence-electron chi connectivity index (χ4n) is 3.39. The molecule has 3 aromatic carbocycles. The third-order valence-corrected chi connectivity index (χ3v) is 4.79. The van der Waals surface area contributed by atoms with E-state index in [0.29, 0.717) is 17.8 Å². The van der Waals surface area contributed by atoms with E-state index in [9.17, 15) is 14.7 Å². The number of benzene rings is 3. The second kappa shape index (κ2) is 10.1. The van der Waals surface area contributed by atoms with Crippen LogP contribution in [0.4, 0.5) is 5.69 Å². The maximum absolute atomic E-state index is 12.5. The Balaban J connectivity index is 1.73. The lowest BCUT2D eigenvalue weighted by Crippen LogP contribution is -2.24. The average molecular weight is 416 g/mol. The highest BCUT2D eigenvalue weighted by molar-refractivity contribution is 5.96. The lowest BCUT2D eigenvalue weighted by Gasteiger charge is -2.17. The molecule has 7 heteroatoms. The highest BCUT2D eigenvalue weighted by Gasteiger charge is 2.18. The molecule has 0 aliphatic carbocycles. The molecule has 0 saturated heterocycles. The molecule has 0 radical (unpaired) electrons. The Morgan fingerprint density at radius 1 is 0.935 bits per heavy atom. The average Bonchev–Trinajstić information content (AvgIpc) is 2.76. The van der Waals surface area contributed by atoms with Crippen LogP contribution in [0, 0.1) is 5.41 Å². The molecule has 1 unspecified atom stereocenters. The number of anilines is 1. The highest BCUT2D eigenvalue weighted by atomic mass is 16.4. The molecule has 1 atom stereocenters. The number of carbonyl (C=O) groups excluding carboxylic acids is 1. The molecular formula is C24H24N4O3. The van der Waals surface area contributed by atoms with Gasteiger partial charge in [0.15, 0.2) is 5.96 Å². The second-order valence-corrected chi connectivity index (χ2v) is 7.11. The molecule has 158 valence electrons. The number of hydrogen-bond acceptors (Lipinski definition) is 3. The summed E-state index contributed by atoms with van der Waals surface area (Å²) in [6, 6.07) is 23.8. The number of amides is 1. The van der Waals surface area contributed by atoms with Crippen LogP contribution in [0.25, 0.3) is 0 Å². The van der Waals surface area contributed by atoms with Gasteiger partial charge in [0.25, 0.3) is 5.91 Å². The topological polar surface area (TPSA) is 128 Å². The molecule has 3 aromatic rings. The molecule has 7 nitrogen and oxygen atoms in total. The fourth-order valence-corrected chi connectivity index (χ4v) is 3.39. The zero-order valence-corrected chi connectivity index (χ0v) is 16.8. The van der Waals surface area contributed by atoms with Crippen molar-refractivity contribution in [1.82, 2.24) is 5.32 Å². The molecule has 0 aliphatic rings. The molecule has 31 heavy (non-hydrogen) atoms. The number of aliphatic carboxylic acids is 1. The standard InChI is InChI=1S/C24H24N4O3/c25-24(26)28-20-11-5-10-19(13-20)23(31)27-15-16-6-4-9-18(12-16)21(14-22(29)30)17-7-2-1-3-8-17/h1-13,21H,14-15H2,(H,27,31)(H,29,30)(H4,25,26,28). The van der Waals surface area contributed by atoms with Gasteiger partial charge in [-0.25, -0.2) is 0 Å². The second-order valence-electron chi connectivity index (χ2n) is 7.11. The van der Waals surface area contributed by atoms with Gasteiger partial charge >= 0.3 is 5.97 Å². The van der Waals surface area contributed by atoms with E-state index >= 15 is 0 Å². The van der Waals surface area contributed by atoms with E-state index < -0.39 is 5.97 Å². The molecule has 0 aromatic heterocycles. The summed E-state index contributed by atoms with van der Waals surface area (Å²) in [5.74, 6) is -1.61. The van der Waals surface area contributed by atoms with Crippen molar-refractivity contribution >= 4 is 23.5 Å². The van der Waals surface area contributed by atoms with E-state index in [1.54, 1.807) is 24.3 Å². The molecule has 0 spiro atoms. The number of carbonyl (C=O) groups is 2. The zero-order chi connectivity index (χ0) is 22.2. The van der Waals surface area contributed by atoms with Crippen LogP contribution in [-0.2, 0) is 11.3 Å². The zero-order valence-electron chi connectivity index (χ0n) is 16.8. The summed E-state index contributed by atoms with van der Waals surface area (Å²) in [6.45, 7) is 0.297. The summed E-state index contributed by atoms with van der Waals surface area (Å²) in [7, 11) is 0. The summed E-state index contributed by atoms with van der Waals surface area (Å²) >= 11 is 0. The Bertz CT molecular complexity index is 1080. The molecule has 0 bridgehead atoms. The minimum atomic E-state index is -0.869. The van der Waals surface area contributed by atoms with Gasteiger partial charge in [-0.05, 0) is 34.9 Å². The van der Waals surface area contributed by atoms with E-state index in [1.165, 1.54) is 0 Å². The molecule has 1 amide bonds. The van der Waals surface area contributed by atoms with Crippen molar-refractivity contribution in [1.29, 1.82) is 5.41 Å². The first-order valence-corrected chi connectivity index (χ1v) is 9.77. The summed E-state index contributed by atoms with van der Waals surface area (Å²) in [4.78, 5) is 24.0. The monoisotopic (exact) mass is 416 g/mol. The van der Waals surface area contributed by atoms with Crippen LogP contribution in [-0.4, -0.2) is 22.9 Å². The van der Waals surface area contributed by atoms with Gasteiger partial charge in [-0.2, -0.15) is 0 Å². The van der Waals surface area contributed by atoms with Gasteiger partial charge in [0.2, 0.25) is 0 Å². The normalized spacial score (nSPS) is 11.4. The number of rotatable bonds is 8. The van der Waals surface area contributed by atoms with Crippen molar-refractivity contribution in [3.05, 3.63) is 101 Å². The number of hydrogen-bond donors (Lipinski definition) is 5. The Labute approximate surface area is 180 Å². The molecule has 0 saturated carbocycles. The molecular weight excluding hydrogens is 392 g/mol. The van der Waals surface area contributed by atoms with Crippen molar-refractivity contribution in [3.8, 4) is 0 Å². The van der Waals surface area contributed by atoms with Gasteiger partial charge in [0.05, 0.1) is 6.42 Å². The van der Waals surface area contributed by atoms with Crippen molar-refractivity contribution < 1.29 is 14.7 Å². The quantitative estimate of drug-likeness (QED) is 0.283. The Morgan fingerprint density at radius 3 is 2.35 bits per heavy atom. The minimum Gasteiger partial charge on any atom is -0.481 e. The van der Waals surface area contributed by atoms with Crippen molar-refractivity contribution in [2.75, 3.05) is 5.32 Å². The van der Waals surface area contributed by atoms with E-state index in [1.807, 2.05) is 54.6 Å². The van der Waals surface area contributed by atoms with E-state index in [-0.39, 0.29) is 24.2 Å². The van der Waals surface area contributed by atoms with Crippen LogP contribution in [0.15, 0.2) is 78.9 Å². The Kier molecular flexibility index (Phi) is 7.01. The van der Waals surface area contributed by atoms with Crippen molar-refractivity contribution in [2.45, 2.75) is 18.9 Å². The van der Waals surface area contributed by atoms with Crippen LogP contribution >= 0.6 is 0 Å². The number of guanidine groups is 1. The lowest BCUT2D eigenvalue weighted by molar-refractivity contribution is -0.137. The first-order valence-electron chi connectivity index (χ1n) is 9.77. The molecule has 3 rings (SSSR count). The van der Waals surface area contributed by atoms with Gasteiger partial charge in [-0.3, -0.25) is 15.0 Å². The molecule has 6 N–H and O–H groups in total. The maximum Gasteiger partial charge on any atom is 0.304 e. The number of carboxylic acids is 1. The SMILES string of the molecule is N=C(N)Nc1cccc(C(=O)NCc2cccc(C(CC(=O)O)c3ccccc3)c2)c1. The minimum absolute atomic E-state index is 0.0181. The third kappa shape index (κ3) is 6.17. The van der Waals surface area contributed by atoms with E-state index in [2.05, 4.69) is 10.6 Å².